The summed E-state index contributed by atoms with van der Waals surface area (Å²) >= 11 is 0. The third-order valence-electron chi connectivity index (χ3n) is 2.75. The Kier molecular flexibility index (Phi) is 4.13. The van der Waals surface area contributed by atoms with Gasteiger partial charge in [0.05, 0.1) is 6.42 Å². The van der Waals surface area contributed by atoms with Crippen LogP contribution in [0.4, 0.5) is 10.1 Å². The molecule has 3 N–H and O–H groups in total. The molecule has 0 radical (unpaired) electrons. The highest BCUT2D eigenvalue weighted by Crippen LogP contribution is 2.08. The molecule has 0 fully saturated rings. The van der Waals surface area contributed by atoms with Crippen molar-refractivity contribution in [1.82, 2.24) is 5.32 Å². The van der Waals surface area contributed by atoms with Gasteiger partial charge in [-0.1, -0.05) is 30.3 Å². The molecule has 0 unspecified atom stereocenters. The zero-order chi connectivity index (χ0) is 13.7. The fourth-order valence-corrected chi connectivity index (χ4v) is 1.79. The first kappa shape index (κ1) is 13.1. The molecule has 0 aliphatic heterocycles. The number of amides is 1. The monoisotopic (exact) mass is 258 g/mol. The third-order valence-corrected chi connectivity index (χ3v) is 2.75. The number of benzene rings is 2. The lowest BCUT2D eigenvalue weighted by Gasteiger charge is -2.06. The zero-order valence-corrected chi connectivity index (χ0v) is 10.4. The van der Waals surface area contributed by atoms with Crippen LogP contribution < -0.4 is 11.1 Å². The van der Waals surface area contributed by atoms with Gasteiger partial charge in [-0.2, -0.15) is 0 Å². The molecule has 0 bridgehead atoms. The number of halogens is 1. The molecule has 2 aromatic carbocycles. The van der Waals surface area contributed by atoms with E-state index in [0.717, 1.165) is 5.56 Å². The van der Waals surface area contributed by atoms with Gasteiger partial charge in [0.1, 0.15) is 5.82 Å². The van der Waals surface area contributed by atoms with Crippen LogP contribution in [-0.4, -0.2) is 5.91 Å². The fourth-order valence-electron chi connectivity index (χ4n) is 1.79. The Balaban J connectivity index is 1.90. The van der Waals surface area contributed by atoms with Crippen molar-refractivity contribution in [3.8, 4) is 0 Å². The maximum Gasteiger partial charge on any atom is 0.224 e. The van der Waals surface area contributed by atoms with E-state index in [2.05, 4.69) is 5.32 Å². The van der Waals surface area contributed by atoms with E-state index in [1.807, 2.05) is 6.07 Å². The molecule has 0 aliphatic carbocycles. The average Bonchev–Trinajstić information content (AvgIpc) is 2.38. The molecule has 0 heterocycles. The zero-order valence-electron chi connectivity index (χ0n) is 10.4. The first-order valence-corrected chi connectivity index (χ1v) is 5.99. The Morgan fingerprint density at radius 2 is 1.95 bits per heavy atom. The van der Waals surface area contributed by atoms with Gasteiger partial charge in [-0.25, -0.2) is 4.39 Å². The summed E-state index contributed by atoms with van der Waals surface area (Å²) in [5, 5.41) is 2.69. The molecule has 0 saturated carbocycles. The van der Waals surface area contributed by atoms with Gasteiger partial charge >= 0.3 is 0 Å². The molecule has 1 amide bonds. The lowest BCUT2D eigenvalue weighted by molar-refractivity contribution is -0.120. The number of nitrogen functional groups attached to an aromatic ring is 1. The molecule has 0 aromatic heterocycles. The minimum absolute atomic E-state index is 0.158. The van der Waals surface area contributed by atoms with Crippen LogP contribution in [0, 0.1) is 5.82 Å². The summed E-state index contributed by atoms with van der Waals surface area (Å²) in [6, 6.07) is 13.5. The molecular weight excluding hydrogens is 243 g/mol. The Labute approximate surface area is 111 Å². The predicted molar refractivity (Wildman–Crippen MR) is 72.8 cm³/mol. The topological polar surface area (TPSA) is 55.1 Å². The van der Waals surface area contributed by atoms with Gasteiger partial charge in [0.15, 0.2) is 0 Å². The van der Waals surface area contributed by atoms with Gasteiger partial charge in [-0.15, -0.1) is 0 Å². The normalized spacial score (nSPS) is 10.2. The number of hydrogen-bond acceptors (Lipinski definition) is 2. The van der Waals surface area contributed by atoms with Crippen LogP contribution in [0.5, 0.6) is 0 Å². The molecule has 19 heavy (non-hydrogen) atoms. The van der Waals surface area contributed by atoms with Gasteiger partial charge in [-0.3, -0.25) is 4.79 Å². The number of hydrogen-bond donors (Lipinski definition) is 2. The summed E-state index contributed by atoms with van der Waals surface area (Å²) in [4.78, 5) is 11.7. The Morgan fingerprint density at radius 3 is 2.68 bits per heavy atom. The molecule has 4 heteroatoms. The summed E-state index contributed by atoms with van der Waals surface area (Å²) in [6.07, 6.45) is 0.236. The van der Waals surface area contributed by atoms with Crippen molar-refractivity contribution in [2.24, 2.45) is 0 Å². The molecule has 0 aliphatic rings. The lowest BCUT2D eigenvalue weighted by Crippen LogP contribution is -2.25. The van der Waals surface area contributed by atoms with E-state index in [1.165, 1.54) is 6.07 Å². The molecule has 0 saturated heterocycles. The van der Waals surface area contributed by atoms with Crippen LogP contribution in [0.1, 0.15) is 11.1 Å². The van der Waals surface area contributed by atoms with E-state index >= 15 is 0 Å². The quantitative estimate of drug-likeness (QED) is 0.826. The first-order valence-electron chi connectivity index (χ1n) is 5.99. The third kappa shape index (κ3) is 3.81. The van der Waals surface area contributed by atoms with Crippen molar-refractivity contribution in [3.05, 3.63) is 65.5 Å². The molecule has 3 nitrogen and oxygen atoms in total. The van der Waals surface area contributed by atoms with Crippen LogP contribution in [0.3, 0.4) is 0 Å². The highest BCUT2D eigenvalue weighted by Gasteiger charge is 2.05. The molecule has 2 aromatic rings. The number of carbonyl (C=O) groups is 1. The number of nitrogens with two attached hydrogens (primary N) is 1. The molecule has 0 spiro atoms. The van der Waals surface area contributed by atoms with Crippen molar-refractivity contribution in [2.45, 2.75) is 13.0 Å². The van der Waals surface area contributed by atoms with Crippen molar-refractivity contribution >= 4 is 11.6 Å². The van der Waals surface area contributed by atoms with Crippen LogP contribution in [0.25, 0.3) is 0 Å². The number of anilines is 1. The Morgan fingerprint density at radius 1 is 1.16 bits per heavy atom. The summed E-state index contributed by atoms with van der Waals surface area (Å²) in [5.74, 6) is -0.472. The van der Waals surface area contributed by atoms with Crippen LogP contribution in [-0.2, 0) is 17.8 Å². The van der Waals surface area contributed by atoms with Gasteiger partial charge in [-0.05, 0) is 23.8 Å². The highest BCUT2D eigenvalue weighted by atomic mass is 19.1. The van der Waals surface area contributed by atoms with Crippen molar-refractivity contribution in [3.63, 3.8) is 0 Å². The smallest absolute Gasteiger partial charge is 0.224 e. The molecule has 2 rings (SSSR count). The van der Waals surface area contributed by atoms with E-state index in [-0.39, 0.29) is 24.7 Å². The van der Waals surface area contributed by atoms with Crippen molar-refractivity contribution in [2.75, 3.05) is 5.73 Å². The van der Waals surface area contributed by atoms with Crippen molar-refractivity contribution in [1.29, 1.82) is 0 Å². The fraction of sp³-hybridized carbons (Fsp3) is 0.133. The van der Waals surface area contributed by atoms with Gasteiger partial charge in [0.2, 0.25) is 5.91 Å². The summed E-state index contributed by atoms with van der Waals surface area (Å²) in [6.45, 7) is 0.188. The molecule has 98 valence electrons. The molecular formula is C15H15FN2O. The number of rotatable bonds is 4. The minimum atomic E-state index is -0.313. The maximum absolute atomic E-state index is 13.4. The number of carbonyl (C=O) groups excluding carboxylic acids is 1. The predicted octanol–water partition coefficient (Wildman–Crippen LogP) is 2.27. The second kappa shape index (κ2) is 6.00. The largest absolute Gasteiger partial charge is 0.399 e. The summed E-state index contributed by atoms with van der Waals surface area (Å²) in [7, 11) is 0. The average molecular weight is 258 g/mol. The van der Waals surface area contributed by atoms with E-state index in [4.69, 9.17) is 5.73 Å². The maximum atomic E-state index is 13.4. The minimum Gasteiger partial charge on any atom is -0.399 e. The number of nitrogens with one attached hydrogen (secondary N) is 1. The van der Waals surface area contributed by atoms with Crippen LogP contribution >= 0.6 is 0 Å². The Hall–Kier alpha value is -2.36. The summed E-state index contributed by atoms with van der Waals surface area (Å²) in [5.41, 5.74) is 7.58. The van der Waals surface area contributed by atoms with E-state index < -0.39 is 0 Å². The van der Waals surface area contributed by atoms with Gasteiger partial charge in [0.25, 0.3) is 0 Å². The van der Waals surface area contributed by atoms with Gasteiger partial charge < -0.3 is 11.1 Å². The van der Waals surface area contributed by atoms with E-state index in [1.54, 1.807) is 36.4 Å². The Bertz CT molecular complexity index is 584. The van der Waals surface area contributed by atoms with E-state index in [9.17, 15) is 9.18 Å². The SMILES string of the molecule is Nc1cccc(CC(=O)NCc2ccccc2F)c1. The van der Waals surface area contributed by atoms with Crippen LogP contribution in [0.15, 0.2) is 48.5 Å². The van der Waals surface area contributed by atoms with Crippen LogP contribution in [0.2, 0.25) is 0 Å². The highest BCUT2D eigenvalue weighted by molar-refractivity contribution is 5.78. The van der Waals surface area contributed by atoms with E-state index in [0.29, 0.717) is 11.3 Å². The summed E-state index contributed by atoms with van der Waals surface area (Å²) < 4.78 is 13.4. The van der Waals surface area contributed by atoms with Crippen molar-refractivity contribution < 1.29 is 9.18 Å². The second-order valence-corrected chi connectivity index (χ2v) is 4.29. The van der Waals surface area contributed by atoms with Gasteiger partial charge in [0, 0.05) is 17.8 Å². The lowest BCUT2D eigenvalue weighted by atomic mass is 10.1. The first-order chi connectivity index (χ1) is 9.15. The molecule has 0 atom stereocenters. The standard InChI is InChI=1S/C15H15FN2O/c16-14-7-2-1-5-12(14)10-18-15(19)9-11-4-3-6-13(17)8-11/h1-8H,9-10,17H2,(H,18,19). The second-order valence-electron chi connectivity index (χ2n) is 4.29.